The van der Waals surface area contributed by atoms with Crippen LogP contribution in [0, 0.1) is 6.92 Å². The van der Waals surface area contributed by atoms with E-state index >= 15 is 0 Å². The van der Waals surface area contributed by atoms with E-state index in [2.05, 4.69) is 55.9 Å². The molecule has 0 radical (unpaired) electrons. The Morgan fingerprint density at radius 1 is 1.06 bits per heavy atom. The highest BCUT2D eigenvalue weighted by molar-refractivity contribution is 5.87. The smallest absolute Gasteiger partial charge is 0.181 e. The number of nitrogens with zero attached hydrogens (tertiary/aromatic N) is 3. The van der Waals surface area contributed by atoms with Gasteiger partial charge in [0.25, 0.3) is 0 Å². The second kappa shape index (κ2) is 9.31. The highest BCUT2D eigenvalue weighted by Gasteiger charge is 2.16. The van der Waals surface area contributed by atoms with Crippen molar-refractivity contribution in [2.75, 3.05) is 13.7 Å². The number of fused-ring (bicyclic) bond motifs is 2. The molecule has 1 aromatic carbocycles. The van der Waals surface area contributed by atoms with Crippen LogP contribution in [0.25, 0.3) is 44.3 Å². The van der Waals surface area contributed by atoms with E-state index < -0.39 is 0 Å². The Labute approximate surface area is 207 Å². The minimum absolute atomic E-state index is 0.132. The predicted octanol–water partition coefficient (Wildman–Crippen LogP) is 5.28. The zero-order valence-corrected chi connectivity index (χ0v) is 20.1. The summed E-state index contributed by atoms with van der Waals surface area (Å²) < 4.78 is 11.6. The van der Waals surface area contributed by atoms with E-state index in [4.69, 9.17) is 14.1 Å². The lowest BCUT2D eigenvalue weighted by Crippen LogP contribution is -2.33. The summed E-state index contributed by atoms with van der Waals surface area (Å²) in [5, 5.41) is 12.9. The van der Waals surface area contributed by atoms with Crippen molar-refractivity contribution in [3.05, 3.63) is 84.8 Å². The first-order chi connectivity index (χ1) is 17.7. The number of H-pyrrole nitrogens is 2. The average molecular weight is 479 g/mol. The molecule has 6 rings (SSSR count). The van der Waals surface area contributed by atoms with Gasteiger partial charge in [-0.05, 0) is 50.2 Å². The molecule has 0 amide bonds. The molecule has 180 valence electrons. The number of ether oxygens (including phenoxy) is 1. The van der Waals surface area contributed by atoms with Gasteiger partial charge in [-0.25, -0.2) is 4.98 Å². The predicted molar refractivity (Wildman–Crippen MR) is 140 cm³/mol. The van der Waals surface area contributed by atoms with E-state index in [9.17, 15) is 0 Å². The van der Waals surface area contributed by atoms with Crippen molar-refractivity contribution in [2.45, 2.75) is 19.4 Å². The maximum absolute atomic E-state index is 6.25. The van der Waals surface area contributed by atoms with Crippen molar-refractivity contribution in [1.82, 2.24) is 30.5 Å². The van der Waals surface area contributed by atoms with Gasteiger partial charge in [0.15, 0.2) is 5.65 Å². The zero-order chi connectivity index (χ0) is 24.5. The average Bonchev–Trinajstić information content (AvgIpc) is 3.67. The van der Waals surface area contributed by atoms with Crippen LogP contribution >= 0.6 is 0 Å². The molecule has 8 nitrogen and oxygen atoms in total. The van der Waals surface area contributed by atoms with Gasteiger partial charge in [-0.1, -0.05) is 18.2 Å². The van der Waals surface area contributed by atoms with E-state index in [1.807, 2.05) is 38.4 Å². The van der Waals surface area contributed by atoms with Gasteiger partial charge >= 0.3 is 0 Å². The number of aromatic amines is 2. The highest BCUT2D eigenvalue weighted by Crippen LogP contribution is 2.34. The number of nitrogens with one attached hydrogen (secondary N) is 3. The molecule has 0 unspecified atom stereocenters. The van der Waals surface area contributed by atoms with Gasteiger partial charge in [-0.15, -0.1) is 0 Å². The topological polar surface area (TPSA) is 105 Å². The van der Waals surface area contributed by atoms with E-state index in [1.165, 1.54) is 10.9 Å². The molecule has 8 heteroatoms. The van der Waals surface area contributed by atoms with E-state index in [1.54, 1.807) is 18.7 Å². The second-order valence-corrected chi connectivity index (χ2v) is 8.88. The summed E-state index contributed by atoms with van der Waals surface area (Å²) in [4.78, 5) is 12.6. The number of hydrogen-bond donors (Lipinski definition) is 3. The Bertz CT molecular complexity index is 1630. The lowest BCUT2D eigenvalue weighted by molar-refractivity contribution is 0.269. The van der Waals surface area contributed by atoms with Crippen LogP contribution in [0.15, 0.2) is 78.0 Å². The number of aromatic nitrogens is 5. The third-order valence-electron chi connectivity index (χ3n) is 6.57. The third kappa shape index (κ3) is 4.12. The molecule has 0 saturated carbocycles. The SMILES string of the molecule is CN[C@H](COc1cnc(-c2ccoc2)c(-c2cnc3n[nH]c(C)c3c2)c1)Cc1c[nH]c2ccccc12. The third-order valence-corrected chi connectivity index (χ3v) is 6.57. The Morgan fingerprint density at radius 3 is 2.83 bits per heavy atom. The molecule has 0 bridgehead atoms. The van der Waals surface area contributed by atoms with Crippen LogP contribution < -0.4 is 10.1 Å². The van der Waals surface area contributed by atoms with E-state index in [0.717, 1.165) is 45.4 Å². The molecule has 0 aliphatic rings. The number of pyridine rings is 2. The van der Waals surface area contributed by atoms with Crippen molar-refractivity contribution in [3.63, 3.8) is 0 Å². The van der Waals surface area contributed by atoms with Crippen LogP contribution in [0.2, 0.25) is 0 Å². The van der Waals surface area contributed by atoms with Crippen LogP contribution in [-0.4, -0.2) is 44.8 Å². The lowest BCUT2D eigenvalue weighted by Gasteiger charge is -2.18. The van der Waals surface area contributed by atoms with Gasteiger partial charge in [-0.2, -0.15) is 5.10 Å². The maximum Gasteiger partial charge on any atom is 0.181 e. The fraction of sp³-hybridized carbons (Fsp3) is 0.179. The van der Waals surface area contributed by atoms with Gasteiger partial charge < -0.3 is 19.5 Å². The molecule has 0 spiro atoms. The Hall–Kier alpha value is -4.43. The molecule has 6 aromatic rings. The normalized spacial score (nSPS) is 12.4. The van der Waals surface area contributed by atoms with Crippen LogP contribution in [0.1, 0.15) is 11.3 Å². The Kier molecular flexibility index (Phi) is 5.71. The molecular weight excluding hydrogens is 452 g/mol. The van der Waals surface area contributed by atoms with Crippen LogP contribution in [-0.2, 0) is 6.42 Å². The quantitative estimate of drug-likeness (QED) is 0.275. The molecular formula is C28H26N6O2. The van der Waals surface area contributed by atoms with Gasteiger partial charge in [0.05, 0.1) is 24.4 Å². The second-order valence-electron chi connectivity index (χ2n) is 8.88. The summed E-state index contributed by atoms with van der Waals surface area (Å²) in [6.07, 6.45) is 9.85. The molecule has 1 atom stereocenters. The summed E-state index contributed by atoms with van der Waals surface area (Å²) in [5.74, 6) is 0.695. The van der Waals surface area contributed by atoms with Crippen LogP contribution in [0.4, 0.5) is 0 Å². The number of aryl methyl sites for hydroxylation is 1. The Balaban J connectivity index is 1.28. The Morgan fingerprint density at radius 2 is 1.97 bits per heavy atom. The first kappa shape index (κ1) is 22.1. The molecule has 5 aromatic heterocycles. The van der Waals surface area contributed by atoms with Crippen LogP contribution in [0.3, 0.4) is 0 Å². The molecule has 36 heavy (non-hydrogen) atoms. The number of likely N-dealkylation sites (N-methyl/N-ethyl adjacent to an activating group) is 1. The van der Waals surface area contributed by atoms with E-state index in [0.29, 0.717) is 18.0 Å². The van der Waals surface area contributed by atoms with Crippen molar-refractivity contribution in [2.24, 2.45) is 0 Å². The van der Waals surface area contributed by atoms with Gasteiger partial charge in [0.1, 0.15) is 12.4 Å². The fourth-order valence-corrected chi connectivity index (χ4v) is 4.55. The monoisotopic (exact) mass is 478 g/mol. The number of furan rings is 1. The molecule has 0 aliphatic carbocycles. The first-order valence-corrected chi connectivity index (χ1v) is 11.9. The van der Waals surface area contributed by atoms with Crippen molar-refractivity contribution in [3.8, 4) is 28.1 Å². The standard InChI is InChI=1S/C28H26N6O2/c1-17-24-10-20(13-32-28(24)34-33-17)25-11-22(14-31-27(25)18-7-8-35-15-18)36-16-21(29-2)9-19-12-30-26-6-4-3-5-23(19)26/h3-8,10-15,21,29-30H,9,16H2,1-2H3,(H,32,33,34)/t21-/m0/s1. The maximum atomic E-state index is 6.25. The summed E-state index contributed by atoms with van der Waals surface area (Å²) >= 11 is 0. The molecule has 0 fully saturated rings. The first-order valence-electron chi connectivity index (χ1n) is 11.9. The number of para-hydroxylation sites is 1. The summed E-state index contributed by atoms with van der Waals surface area (Å²) in [5.41, 5.74) is 7.62. The molecule has 0 aliphatic heterocycles. The zero-order valence-electron chi connectivity index (χ0n) is 20.1. The van der Waals surface area contributed by atoms with Crippen molar-refractivity contribution >= 4 is 21.9 Å². The molecule has 5 heterocycles. The number of benzene rings is 1. The minimum Gasteiger partial charge on any atom is -0.490 e. The molecule has 3 N–H and O–H groups in total. The number of hydrogen-bond acceptors (Lipinski definition) is 6. The molecule has 0 saturated heterocycles. The van der Waals surface area contributed by atoms with Crippen molar-refractivity contribution in [1.29, 1.82) is 0 Å². The van der Waals surface area contributed by atoms with Gasteiger partial charge in [0, 0.05) is 57.1 Å². The summed E-state index contributed by atoms with van der Waals surface area (Å²) in [6.45, 7) is 2.49. The summed E-state index contributed by atoms with van der Waals surface area (Å²) in [7, 11) is 1.96. The van der Waals surface area contributed by atoms with Gasteiger partial charge in [-0.3, -0.25) is 10.1 Å². The van der Waals surface area contributed by atoms with Crippen LogP contribution in [0.5, 0.6) is 5.75 Å². The minimum atomic E-state index is 0.132. The highest BCUT2D eigenvalue weighted by atomic mass is 16.5. The number of rotatable bonds is 8. The largest absolute Gasteiger partial charge is 0.490 e. The summed E-state index contributed by atoms with van der Waals surface area (Å²) in [6, 6.07) is 14.5. The van der Waals surface area contributed by atoms with Gasteiger partial charge in [0.2, 0.25) is 0 Å². The lowest BCUT2D eigenvalue weighted by atomic mass is 10.0. The van der Waals surface area contributed by atoms with E-state index in [-0.39, 0.29) is 6.04 Å². The fourth-order valence-electron chi connectivity index (χ4n) is 4.55. The van der Waals surface area contributed by atoms with Crippen molar-refractivity contribution < 1.29 is 9.15 Å².